The molecule has 0 saturated heterocycles. The molecule has 1 saturated carbocycles. The molecular weight excluding hydrogens is 390 g/mol. The van der Waals surface area contributed by atoms with Gasteiger partial charge < -0.3 is 5.11 Å². The summed E-state index contributed by atoms with van der Waals surface area (Å²) in [5, 5.41) is 20.4. The molecule has 156 valence electrons. The number of fused-ring (bicyclic) bond motifs is 2. The second kappa shape index (κ2) is 7.97. The maximum Gasteiger partial charge on any atom is 0.329 e. The third-order valence-corrected chi connectivity index (χ3v) is 6.03. The Kier molecular flexibility index (Phi) is 5.00. The topological polar surface area (TPSA) is 96.7 Å². The Labute approximate surface area is 179 Å². The van der Waals surface area contributed by atoms with Gasteiger partial charge in [0.05, 0.1) is 41.1 Å². The number of aliphatic hydroxyl groups excluding tert-OH is 1. The van der Waals surface area contributed by atoms with Crippen molar-refractivity contribution in [2.75, 3.05) is 6.61 Å². The average Bonchev–Trinajstić information content (AvgIpc) is 3.59. The molecule has 0 atom stereocenters. The van der Waals surface area contributed by atoms with Crippen molar-refractivity contribution in [2.24, 2.45) is 0 Å². The van der Waals surface area contributed by atoms with E-state index in [1.54, 1.807) is 23.2 Å². The molecule has 7 nitrogen and oxygen atoms in total. The van der Waals surface area contributed by atoms with E-state index in [4.69, 9.17) is 4.98 Å². The SMILES string of the molecule is N#Cc1ccc2c(CCCCO)c(Cn3c(=O)n(C4CC4)c4ccncc43)ncc2c1. The van der Waals surface area contributed by atoms with Crippen LogP contribution < -0.4 is 5.69 Å². The molecular formula is C24H23N5O2. The number of rotatable bonds is 7. The van der Waals surface area contributed by atoms with Crippen molar-refractivity contribution in [1.82, 2.24) is 19.1 Å². The minimum atomic E-state index is -0.0199. The Morgan fingerprint density at radius 3 is 2.81 bits per heavy atom. The Balaban J connectivity index is 1.64. The number of aliphatic hydroxyl groups is 1. The van der Waals surface area contributed by atoms with E-state index < -0.39 is 0 Å². The Morgan fingerprint density at radius 2 is 2.03 bits per heavy atom. The minimum Gasteiger partial charge on any atom is -0.396 e. The van der Waals surface area contributed by atoms with E-state index in [2.05, 4.69) is 11.1 Å². The molecule has 0 aliphatic heterocycles. The van der Waals surface area contributed by atoms with Gasteiger partial charge in [-0.25, -0.2) is 4.79 Å². The van der Waals surface area contributed by atoms with Crippen molar-refractivity contribution in [3.8, 4) is 6.07 Å². The number of unbranched alkanes of at least 4 members (excludes halogenated alkanes) is 1. The van der Waals surface area contributed by atoms with Crippen LogP contribution in [0.3, 0.4) is 0 Å². The third kappa shape index (κ3) is 3.49. The lowest BCUT2D eigenvalue weighted by molar-refractivity contribution is 0.284. The molecule has 0 unspecified atom stereocenters. The molecule has 31 heavy (non-hydrogen) atoms. The van der Waals surface area contributed by atoms with E-state index in [1.807, 2.05) is 28.8 Å². The first-order chi connectivity index (χ1) is 15.2. The number of aromatic nitrogens is 4. The predicted molar refractivity (Wildman–Crippen MR) is 118 cm³/mol. The number of nitrogens with zero attached hydrogens (tertiary/aromatic N) is 5. The van der Waals surface area contributed by atoms with Gasteiger partial charge in [0.2, 0.25) is 0 Å². The summed E-state index contributed by atoms with van der Waals surface area (Å²) in [6.07, 6.45) is 9.60. The molecule has 5 rings (SSSR count). The Hall–Kier alpha value is -3.50. The molecule has 1 aliphatic rings. The molecule has 7 heteroatoms. The average molecular weight is 413 g/mol. The summed E-state index contributed by atoms with van der Waals surface area (Å²) >= 11 is 0. The number of aryl methyl sites for hydroxylation is 1. The van der Waals surface area contributed by atoms with Gasteiger partial charge >= 0.3 is 5.69 Å². The van der Waals surface area contributed by atoms with Gasteiger partial charge in [-0.15, -0.1) is 0 Å². The predicted octanol–water partition coefficient (Wildman–Crippen LogP) is 3.32. The van der Waals surface area contributed by atoms with Gasteiger partial charge in [-0.2, -0.15) is 5.26 Å². The number of imidazole rings is 1. The van der Waals surface area contributed by atoms with Crippen molar-refractivity contribution in [3.05, 3.63) is 70.2 Å². The van der Waals surface area contributed by atoms with Crippen LogP contribution in [0.4, 0.5) is 0 Å². The number of hydrogen-bond acceptors (Lipinski definition) is 5. The zero-order valence-electron chi connectivity index (χ0n) is 17.2. The molecule has 0 radical (unpaired) electrons. The van der Waals surface area contributed by atoms with Gasteiger partial charge in [-0.05, 0) is 61.3 Å². The number of pyridine rings is 2. The van der Waals surface area contributed by atoms with E-state index in [1.165, 1.54) is 0 Å². The van der Waals surface area contributed by atoms with E-state index in [0.29, 0.717) is 18.5 Å². The number of nitriles is 1. The highest BCUT2D eigenvalue weighted by atomic mass is 16.2. The molecule has 1 fully saturated rings. The second-order valence-electron chi connectivity index (χ2n) is 8.11. The minimum absolute atomic E-state index is 0.0199. The highest BCUT2D eigenvalue weighted by molar-refractivity contribution is 5.87. The first kappa shape index (κ1) is 19.5. The van der Waals surface area contributed by atoms with Gasteiger partial charge in [0, 0.05) is 30.4 Å². The van der Waals surface area contributed by atoms with Crippen LogP contribution in [0.1, 0.15) is 48.5 Å². The number of benzene rings is 1. The summed E-state index contributed by atoms with van der Waals surface area (Å²) in [5.41, 5.74) is 4.23. The molecule has 0 amide bonds. The molecule has 1 N–H and O–H groups in total. The fraction of sp³-hybridized carbons (Fsp3) is 0.333. The van der Waals surface area contributed by atoms with Crippen LogP contribution >= 0.6 is 0 Å². The largest absolute Gasteiger partial charge is 0.396 e. The Bertz CT molecular complexity index is 1370. The third-order valence-electron chi connectivity index (χ3n) is 6.03. The van der Waals surface area contributed by atoms with Crippen LogP contribution in [-0.4, -0.2) is 30.8 Å². The lowest BCUT2D eigenvalue weighted by atomic mass is 9.98. The monoisotopic (exact) mass is 413 g/mol. The van der Waals surface area contributed by atoms with Crippen LogP contribution in [0.5, 0.6) is 0 Å². The highest BCUT2D eigenvalue weighted by Gasteiger charge is 2.29. The molecule has 3 aromatic heterocycles. The summed E-state index contributed by atoms with van der Waals surface area (Å²) in [6, 6.07) is 9.98. The molecule has 1 aliphatic carbocycles. The smallest absolute Gasteiger partial charge is 0.329 e. The molecule has 1 aromatic carbocycles. The molecule has 0 spiro atoms. The summed E-state index contributed by atoms with van der Waals surface area (Å²) in [6.45, 7) is 0.511. The lowest BCUT2D eigenvalue weighted by Crippen LogP contribution is -2.25. The zero-order chi connectivity index (χ0) is 21.4. The highest BCUT2D eigenvalue weighted by Crippen LogP contribution is 2.36. The van der Waals surface area contributed by atoms with Gasteiger partial charge in [-0.3, -0.25) is 19.1 Å². The Morgan fingerprint density at radius 1 is 1.16 bits per heavy atom. The van der Waals surface area contributed by atoms with Crippen molar-refractivity contribution in [1.29, 1.82) is 5.26 Å². The lowest BCUT2D eigenvalue weighted by Gasteiger charge is -2.13. The van der Waals surface area contributed by atoms with E-state index in [-0.39, 0.29) is 18.3 Å². The summed E-state index contributed by atoms with van der Waals surface area (Å²) < 4.78 is 3.66. The van der Waals surface area contributed by atoms with Crippen LogP contribution in [0.15, 0.2) is 47.7 Å². The van der Waals surface area contributed by atoms with E-state index in [0.717, 1.165) is 58.7 Å². The van der Waals surface area contributed by atoms with Gasteiger partial charge in [0.1, 0.15) is 0 Å². The summed E-state index contributed by atoms with van der Waals surface area (Å²) in [5.74, 6) is 0. The van der Waals surface area contributed by atoms with Crippen molar-refractivity contribution in [2.45, 2.75) is 44.7 Å². The summed E-state index contributed by atoms with van der Waals surface area (Å²) in [7, 11) is 0. The van der Waals surface area contributed by atoms with E-state index in [9.17, 15) is 15.2 Å². The maximum atomic E-state index is 13.3. The first-order valence-electron chi connectivity index (χ1n) is 10.7. The standard InChI is InChI=1S/C24H23N5O2/c25-12-16-4-7-19-17(11-16)13-27-21(20(19)3-1-2-10-30)15-28-23-14-26-9-8-22(23)29(24(28)31)18-5-6-18/h4,7-9,11,13-14,18,30H,1-3,5-6,10,15H2. The number of hydrogen-bond donors (Lipinski definition) is 1. The van der Waals surface area contributed by atoms with Crippen molar-refractivity contribution >= 4 is 21.8 Å². The van der Waals surface area contributed by atoms with Crippen molar-refractivity contribution in [3.63, 3.8) is 0 Å². The van der Waals surface area contributed by atoms with Crippen LogP contribution in [-0.2, 0) is 13.0 Å². The zero-order valence-corrected chi connectivity index (χ0v) is 17.2. The quantitative estimate of drug-likeness (QED) is 0.469. The fourth-order valence-corrected chi connectivity index (χ4v) is 4.34. The van der Waals surface area contributed by atoms with Crippen LogP contribution in [0.2, 0.25) is 0 Å². The fourth-order valence-electron chi connectivity index (χ4n) is 4.34. The van der Waals surface area contributed by atoms with Crippen molar-refractivity contribution < 1.29 is 5.11 Å². The normalized spacial score (nSPS) is 13.7. The first-order valence-corrected chi connectivity index (χ1v) is 10.7. The second-order valence-corrected chi connectivity index (χ2v) is 8.11. The molecule has 4 aromatic rings. The maximum absolute atomic E-state index is 13.3. The van der Waals surface area contributed by atoms with Gasteiger partial charge in [0.25, 0.3) is 0 Å². The molecule has 3 heterocycles. The van der Waals surface area contributed by atoms with Gasteiger partial charge in [0.15, 0.2) is 0 Å². The van der Waals surface area contributed by atoms with Gasteiger partial charge in [-0.1, -0.05) is 6.07 Å². The summed E-state index contributed by atoms with van der Waals surface area (Å²) in [4.78, 5) is 22.3. The van der Waals surface area contributed by atoms with Crippen LogP contribution in [0, 0.1) is 11.3 Å². The van der Waals surface area contributed by atoms with Crippen LogP contribution in [0.25, 0.3) is 21.8 Å². The van der Waals surface area contributed by atoms with E-state index >= 15 is 0 Å². The molecule has 0 bridgehead atoms.